The minimum absolute atomic E-state index is 0.144. The van der Waals surface area contributed by atoms with E-state index in [1.165, 1.54) is 4.90 Å². The van der Waals surface area contributed by atoms with Crippen molar-refractivity contribution in [2.24, 2.45) is 0 Å². The molecular weight excluding hydrogens is 276 g/mol. The predicted molar refractivity (Wildman–Crippen MR) is 73.8 cm³/mol. The summed E-state index contributed by atoms with van der Waals surface area (Å²) in [6.45, 7) is 0.120. The van der Waals surface area contributed by atoms with Crippen molar-refractivity contribution in [2.45, 2.75) is 25.1 Å². The van der Waals surface area contributed by atoms with E-state index in [0.29, 0.717) is 6.42 Å². The molecule has 21 heavy (non-hydrogen) atoms. The van der Waals surface area contributed by atoms with Crippen molar-refractivity contribution in [3.8, 4) is 0 Å². The van der Waals surface area contributed by atoms with Crippen LogP contribution in [0.5, 0.6) is 0 Å². The van der Waals surface area contributed by atoms with Crippen molar-refractivity contribution >= 4 is 12.2 Å². The first kappa shape index (κ1) is 15.1. The number of amides is 2. The predicted octanol–water partition coefficient (Wildman–Crippen LogP) is 1.03. The quantitative estimate of drug-likeness (QED) is 0.770. The van der Waals surface area contributed by atoms with E-state index in [2.05, 4.69) is 5.32 Å². The molecule has 7 heteroatoms. The van der Waals surface area contributed by atoms with E-state index in [4.69, 9.17) is 9.84 Å². The lowest BCUT2D eigenvalue weighted by molar-refractivity contribution is 0.0792. The van der Waals surface area contributed by atoms with Gasteiger partial charge in [0.2, 0.25) is 0 Å². The number of hydrogen-bond donors (Lipinski definition) is 3. The number of benzene rings is 1. The maximum absolute atomic E-state index is 12.0. The van der Waals surface area contributed by atoms with Crippen molar-refractivity contribution in [2.75, 3.05) is 13.2 Å². The Hall–Kier alpha value is -2.28. The fraction of sp³-hybridized carbons (Fsp3) is 0.429. The first-order valence-electron chi connectivity index (χ1n) is 6.67. The second kappa shape index (κ2) is 6.94. The molecule has 1 aliphatic rings. The third-order valence-electron chi connectivity index (χ3n) is 3.39. The van der Waals surface area contributed by atoms with Gasteiger partial charge < -0.3 is 25.2 Å². The average molecular weight is 294 g/mol. The molecule has 0 saturated carbocycles. The molecule has 1 saturated heterocycles. The molecule has 0 aromatic heterocycles. The lowest BCUT2D eigenvalue weighted by atomic mass is 10.2. The van der Waals surface area contributed by atoms with Crippen LogP contribution in [0.4, 0.5) is 9.59 Å². The van der Waals surface area contributed by atoms with Crippen LogP contribution in [0.15, 0.2) is 30.3 Å². The fourth-order valence-corrected chi connectivity index (χ4v) is 2.39. The molecule has 1 aromatic rings. The van der Waals surface area contributed by atoms with Gasteiger partial charge in [0.25, 0.3) is 0 Å². The van der Waals surface area contributed by atoms with Crippen LogP contribution in [-0.4, -0.2) is 52.5 Å². The maximum Gasteiger partial charge on any atom is 0.410 e. The summed E-state index contributed by atoms with van der Waals surface area (Å²) >= 11 is 0. The van der Waals surface area contributed by atoms with E-state index in [9.17, 15) is 14.7 Å². The van der Waals surface area contributed by atoms with Crippen molar-refractivity contribution in [3.05, 3.63) is 35.9 Å². The molecule has 3 N–H and O–H groups in total. The number of carbonyl (C=O) groups excluding carboxylic acids is 1. The molecule has 1 fully saturated rings. The van der Waals surface area contributed by atoms with Crippen LogP contribution in [-0.2, 0) is 11.3 Å². The van der Waals surface area contributed by atoms with Gasteiger partial charge in [-0.1, -0.05) is 30.3 Å². The fourth-order valence-electron chi connectivity index (χ4n) is 2.39. The number of nitrogens with one attached hydrogen (secondary N) is 1. The van der Waals surface area contributed by atoms with Gasteiger partial charge in [0.05, 0.1) is 18.7 Å². The van der Waals surface area contributed by atoms with Crippen LogP contribution < -0.4 is 5.32 Å². The summed E-state index contributed by atoms with van der Waals surface area (Å²) in [6, 6.07) is 8.44. The zero-order chi connectivity index (χ0) is 15.2. The van der Waals surface area contributed by atoms with Gasteiger partial charge in [0.15, 0.2) is 0 Å². The third-order valence-corrected chi connectivity index (χ3v) is 3.39. The Morgan fingerprint density at radius 2 is 2.05 bits per heavy atom. The highest BCUT2D eigenvalue weighted by molar-refractivity contribution is 5.69. The van der Waals surface area contributed by atoms with Gasteiger partial charge >= 0.3 is 12.2 Å². The number of aliphatic hydroxyl groups is 1. The first-order valence-corrected chi connectivity index (χ1v) is 6.67. The Bertz CT molecular complexity index is 493. The zero-order valence-electron chi connectivity index (χ0n) is 11.4. The smallest absolute Gasteiger partial charge is 0.410 e. The molecule has 0 bridgehead atoms. The van der Waals surface area contributed by atoms with E-state index in [-0.39, 0.29) is 25.8 Å². The standard InChI is InChI=1S/C14H18N2O5/c17-8-12-6-11(15-13(18)19)7-16(12)14(20)21-9-10-4-2-1-3-5-10/h1-5,11-12,15,17H,6-9H2,(H,18,19)/t11-,12-/m1/s1. The minimum atomic E-state index is -1.14. The van der Waals surface area contributed by atoms with Gasteiger partial charge in [-0.2, -0.15) is 0 Å². The molecule has 0 aliphatic carbocycles. The van der Waals surface area contributed by atoms with Gasteiger partial charge in [-0.05, 0) is 12.0 Å². The van der Waals surface area contributed by atoms with E-state index < -0.39 is 18.2 Å². The van der Waals surface area contributed by atoms with E-state index >= 15 is 0 Å². The summed E-state index contributed by atoms with van der Waals surface area (Å²) < 4.78 is 5.20. The number of carboxylic acid groups (broad SMARTS) is 1. The number of rotatable bonds is 4. The van der Waals surface area contributed by atoms with Crippen molar-refractivity contribution in [1.29, 1.82) is 0 Å². The third kappa shape index (κ3) is 4.09. The van der Waals surface area contributed by atoms with Crippen molar-refractivity contribution < 1.29 is 24.5 Å². The molecular formula is C14H18N2O5. The second-order valence-corrected chi connectivity index (χ2v) is 4.91. The normalized spacial score (nSPS) is 21.1. The number of nitrogens with zero attached hydrogens (tertiary/aromatic N) is 1. The molecule has 114 valence electrons. The highest BCUT2D eigenvalue weighted by atomic mass is 16.6. The van der Waals surface area contributed by atoms with Gasteiger partial charge in [-0.3, -0.25) is 0 Å². The summed E-state index contributed by atoms with van der Waals surface area (Å²) in [6.07, 6.45) is -1.31. The van der Waals surface area contributed by atoms with Crippen LogP contribution in [0.2, 0.25) is 0 Å². The SMILES string of the molecule is O=C(O)N[C@@H]1C[C@H](CO)N(C(=O)OCc2ccccc2)C1. The Balaban J connectivity index is 1.90. The maximum atomic E-state index is 12.0. The molecule has 1 aliphatic heterocycles. The molecule has 0 radical (unpaired) electrons. The van der Waals surface area contributed by atoms with Crippen LogP contribution >= 0.6 is 0 Å². The Labute approximate surface area is 122 Å². The summed E-state index contributed by atoms with van der Waals surface area (Å²) in [4.78, 5) is 24.0. The molecule has 0 spiro atoms. The minimum Gasteiger partial charge on any atom is -0.465 e. The van der Waals surface area contributed by atoms with Crippen LogP contribution in [0, 0.1) is 0 Å². The molecule has 2 rings (SSSR count). The average Bonchev–Trinajstić information content (AvgIpc) is 2.88. The lowest BCUT2D eigenvalue weighted by Crippen LogP contribution is -2.40. The molecule has 1 heterocycles. The highest BCUT2D eigenvalue weighted by Crippen LogP contribution is 2.19. The van der Waals surface area contributed by atoms with Crippen LogP contribution in [0.3, 0.4) is 0 Å². The van der Waals surface area contributed by atoms with E-state index in [1.807, 2.05) is 30.3 Å². The number of aliphatic hydroxyl groups excluding tert-OH is 1. The Morgan fingerprint density at radius 1 is 1.33 bits per heavy atom. The van der Waals surface area contributed by atoms with Gasteiger partial charge in [-0.15, -0.1) is 0 Å². The Kier molecular flexibility index (Phi) is 4.99. The van der Waals surface area contributed by atoms with Crippen molar-refractivity contribution in [1.82, 2.24) is 10.2 Å². The number of carbonyl (C=O) groups is 2. The van der Waals surface area contributed by atoms with E-state index in [1.54, 1.807) is 0 Å². The largest absolute Gasteiger partial charge is 0.465 e. The second-order valence-electron chi connectivity index (χ2n) is 4.91. The number of hydrogen-bond acceptors (Lipinski definition) is 4. The molecule has 0 unspecified atom stereocenters. The van der Waals surface area contributed by atoms with Gasteiger partial charge in [-0.25, -0.2) is 9.59 Å². The zero-order valence-corrected chi connectivity index (χ0v) is 11.4. The molecule has 2 amide bonds. The van der Waals surface area contributed by atoms with Crippen LogP contribution in [0.25, 0.3) is 0 Å². The summed E-state index contributed by atoms with van der Waals surface area (Å²) in [5.41, 5.74) is 0.866. The molecule has 7 nitrogen and oxygen atoms in total. The topological polar surface area (TPSA) is 99.1 Å². The summed E-state index contributed by atoms with van der Waals surface area (Å²) in [7, 11) is 0. The van der Waals surface area contributed by atoms with Gasteiger partial charge in [0.1, 0.15) is 6.61 Å². The van der Waals surface area contributed by atoms with Gasteiger partial charge in [0, 0.05) is 6.54 Å². The molecule has 1 aromatic carbocycles. The number of ether oxygens (including phenoxy) is 1. The Morgan fingerprint density at radius 3 is 2.67 bits per heavy atom. The van der Waals surface area contributed by atoms with Crippen LogP contribution in [0.1, 0.15) is 12.0 Å². The highest BCUT2D eigenvalue weighted by Gasteiger charge is 2.36. The first-order chi connectivity index (χ1) is 10.1. The number of likely N-dealkylation sites (tertiary alicyclic amines) is 1. The lowest BCUT2D eigenvalue weighted by Gasteiger charge is -2.22. The van der Waals surface area contributed by atoms with Crippen molar-refractivity contribution in [3.63, 3.8) is 0 Å². The monoisotopic (exact) mass is 294 g/mol. The molecule has 2 atom stereocenters. The summed E-state index contributed by atoms with van der Waals surface area (Å²) in [5, 5.41) is 20.3. The summed E-state index contributed by atoms with van der Waals surface area (Å²) in [5.74, 6) is 0. The van der Waals surface area contributed by atoms with E-state index in [0.717, 1.165) is 5.56 Å².